The van der Waals surface area contributed by atoms with Gasteiger partial charge in [-0.3, -0.25) is 0 Å². The van der Waals surface area contributed by atoms with Crippen LogP contribution in [0.5, 0.6) is 0 Å². The number of para-hydroxylation sites is 1. The SMILES string of the molecule is C#CCCCc1cc(=O)oc2ccccc12. The molecule has 2 rings (SSSR count). The smallest absolute Gasteiger partial charge is 0.336 e. The van der Waals surface area contributed by atoms with E-state index in [1.54, 1.807) is 12.1 Å². The zero-order chi connectivity index (χ0) is 11.4. The second-order valence-corrected chi connectivity index (χ2v) is 3.64. The van der Waals surface area contributed by atoms with Crippen LogP contribution < -0.4 is 5.63 Å². The van der Waals surface area contributed by atoms with Crippen LogP contribution in [0.1, 0.15) is 18.4 Å². The third kappa shape index (κ3) is 2.14. The lowest BCUT2D eigenvalue weighted by Gasteiger charge is -2.03. The Bertz CT molecular complexity index is 587. The van der Waals surface area contributed by atoms with Gasteiger partial charge in [-0.05, 0) is 24.5 Å². The van der Waals surface area contributed by atoms with Crippen molar-refractivity contribution in [2.75, 3.05) is 0 Å². The lowest BCUT2D eigenvalue weighted by Crippen LogP contribution is -2.00. The molecule has 0 saturated carbocycles. The van der Waals surface area contributed by atoms with Gasteiger partial charge >= 0.3 is 5.63 Å². The highest BCUT2D eigenvalue weighted by Crippen LogP contribution is 2.17. The van der Waals surface area contributed by atoms with E-state index in [-0.39, 0.29) is 5.63 Å². The van der Waals surface area contributed by atoms with Gasteiger partial charge in [0, 0.05) is 17.9 Å². The molecule has 2 nitrogen and oxygen atoms in total. The van der Waals surface area contributed by atoms with Crippen molar-refractivity contribution in [2.24, 2.45) is 0 Å². The molecule has 2 heteroatoms. The van der Waals surface area contributed by atoms with Crippen LogP contribution in [0.25, 0.3) is 11.0 Å². The Hall–Kier alpha value is -2.01. The molecule has 0 aliphatic carbocycles. The molecule has 1 aromatic heterocycles. The molecule has 0 aliphatic heterocycles. The van der Waals surface area contributed by atoms with Crippen LogP contribution in [0.4, 0.5) is 0 Å². The summed E-state index contributed by atoms with van der Waals surface area (Å²) < 4.78 is 5.11. The Morgan fingerprint density at radius 3 is 2.94 bits per heavy atom. The van der Waals surface area contributed by atoms with Crippen molar-refractivity contribution in [1.82, 2.24) is 0 Å². The molecule has 0 fully saturated rings. The lowest BCUT2D eigenvalue weighted by molar-refractivity contribution is 0.558. The fourth-order valence-electron chi connectivity index (χ4n) is 1.77. The minimum atomic E-state index is -0.297. The Balaban J connectivity index is 2.43. The maximum Gasteiger partial charge on any atom is 0.336 e. The fourth-order valence-corrected chi connectivity index (χ4v) is 1.77. The maximum absolute atomic E-state index is 11.3. The van der Waals surface area contributed by atoms with E-state index in [9.17, 15) is 4.79 Å². The van der Waals surface area contributed by atoms with Crippen LogP contribution >= 0.6 is 0 Å². The number of hydrogen-bond acceptors (Lipinski definition) is 2. The van der Waals surface area contributed by atoms with E-state index in [2.05, 4.69) is 5.92 Å². The molecule has 0 atom stereocenters. The quantitative estimate of drug-likeness (QED) is 0.445. The van der Waals surface area contributed by atoms with Crippen LogP contribution in [-0.2, 0) is 6.42 Å². The number of hydrogen-bond donors (Lipinski definition) is 0. The first-order valence-electron chi connectivity index (χ1n) is 5.26. The second kappa shape index (κ2) is 4.67. The van der Waals surface area contributed by atoms with E-state index in [1.165, 1.54) is 0 Å². The Labute approximate surface area is 93.9 Å². The summed E-state index contributed by atoms with van der Waals surface area (Å²) in [4.78, 5) is 11.3. The summed E-state index contributed by atoms with van der Waals surface area (Å²) in [5.74, 6) is 2.60. The molecule has 0 N–H and O–H groups in total. The molecule has 0 spiro atoms. The van der Waals surface area contributed by atoms with Crippen molar-refractivity contribution in [1.29, 1.82) is 0 Å². The molecular formula is C14H12O2. The van der Waals surface area contributed by atoms with Gasteiger partial charge in [-0.2, -0.15) is 0 Å². The Morgan fingerprint density at radius 1 is 1.31 bits per heavy atom. The normalized spacial score (nSPS) is 10.2. The molecule has 2 aromatic rings. The first-order chi connectivity index (χ1) is 7.81. The molecule has 0 saturated heterocycles. The first kappa shape index (κ1) is 10.5. The number of unbranched alkanes of at least 4 members (excludes halogenated alkanes) is 1. The minimum absolute atomic E-state index is 0.297. The average molecular weight is 212 g/mol. The number of terminal acetylenes is 1. The summed E-state index contributed by atoms with van der Waals surface area (Å²) in [6.07, 6.45) is 7.64. The molecule has 0 radical (unpaired) electrons. The summed E-state index contributed by atoms with van der Waals surface area (Å²) >= 11 is 0. The van der Waals surface area contributed by atoms with Gasteiger partial charge in [0.25, 0.3) is 0 Å². The van der Waals surface area contributed by atoms with Crippen molar-refractivity contribution in [2.45, 2.75) is 19.3 Å². The molecule has 1 aromatic carbocycles. The topological polar surface area (TPSA) is 30.2 Å². The van der Waals surface area contributed by atoms with Crippen molar-refractivity contribution in [3.63, 3.8) is 0 Å². The van der Waals surface area contributed by atoms with Gasteiger partial charge in [0.05, 0.1) is 0 Å². The van der Waals surface area contributed by atoms with E-state index in [4.69, 9.17) is 10.8 Å². The van der Waals surface area contributed by atoms with Crippen LogP contribution in [0.2, 0.25) is 0 Å². The predicted molar refractivity (Wildman–Crippen MR) is 64.3 cm³/mol. The van der Waals surface area contributed by atoms with Gasteiger partial charge in [-0.1, -0.05) is 18.2 Å². The van der Waals surface area contributed by atoms with E-state index < -0.39 is 0 Å². The lowest BCUT2D eigenvalue weighted by atomic mass is 10.0. The van der Waals surface area contributed by atoms with Crippen LogP contribution in [0.3, 0.4) is 0 Å². The molecule has 80 valence electrons. The van der Waals surface area contributed by atoms with E-state index in [1.807, 2.05) is 18.2 Å². The number of rotatable bonds is 3. The van der Waals surface area contributed by atoms with Crippen LogP contribution in [0, 0.1) is 12.3 Å². The predicted octanol–water partition coefficient (Wildman–Crippen LogP) is 2.75. The highest BCUT2D eigenvalue weighted by molar-refractivity contribution is 5.79. The first-order valence-corrected chi connectivity index (χ1v) is 5.26. The third-order valence-corrected chi connectivity index (χ3v) is 2.50. The molecule has 0 bridgehead atoms. The molecule has 16 heavy (non-hydrogen) atoms. The van der Waals surface area contributed by atoms with E-state index in [0.29, 0.717) is 5.58 Å². The average Bonchev–Trinajstić information content (AvgIpc) is 2.29. The zero-order valence-corrected chi connectivity index (χ0v) is 8.90. The Morgan fingerprint density at radius 2 is 2.12 bits per heavy atom. The number of fused-ring (bicyclic) bond motifs is 1. The standard InChI is InChI=1S/C14H12O2/c1-2-3-4-7-11-10-14(15)16-13-9-6-5-8-12(11)13/h1,5-6,8-10H,3-4,7H2. The van der Waals surface area contributed by atoms with Gasteiger partial charge < -0.3 is 4.42 Å². The van der Waals surface area contributed by atoms with Crippen LogP contribution in [-0.4, -0.2) is 0 Å². The van der Waals surface area contributed by atoms with Gasteiger partial charge in [-0.15, -0.1) is 12.3 Å². The molecule has 0 amide bonds. The maximum atomic E-state index is 11.3. The largest absolute Gasteiger partial charge is 0.423 e. The summed E-state index contributed by atoms with van der Waals surface area (Å²) in [5, 5.41) is 0.999. The highest BCUT2D eigenvalue weighted by atomic mass is 16.4. The zero-order valence-electron chi connectivity index (χ0n) is 8.90. The molecule has 1 heterocycles. The fraction of sp³-hybridized carbons (Fsp3) is 0.214. The van der Waals surface area contributed by atoms with Gasteiger partial charge in [0.2, 0.25) is 0 Å². The van der Waals surface area contributed by atoms with E-state index >= 15 is 0 Å². The summed E-state index contributed by atoms with van der Waals surface area (Å²) in [7, 11) is 0. The van der Waals surface area contributed by atoms with Gasteiger partial charge in [0.1, 0.15) is 5.58 Å². The number of aryl methyl sites for hydroxylation is 1. The van der Waals surface area contributed by atoms with E-state index in [0.717, 1.165) is 30.2 Å². The minimum Gasteiger partial charge on any atom is -0.423 e. The number of benzene rings is 1. The van der Waals surface area contributed by atoms with Gasteiger partial charge in [-0.25, -0.2) is 4.79 Å². The van der Waals surface area contributed by atoms with Crippen molar-refractivity contribution in [3.8, 4) is 12.3 Å². The third-order valence-electron chi connectivity index (χ3n) is 2.50. The summed E-state index contributed by atoms with van der Waals surface area (Å²) in [6.45, 7) is 0. The van der Waals surface area contributed by atoms with Crippen molar-refractivity contribution in [3.05, 3.63) is 46.3 Å². The molecular weight excluding hydrogens is 200 g/mol. The van der Waals surface area contributed by atoms with Gasteiger partial charge in [0.15, 0.2) is 0 Å². The molecule has 0 unspecified atom stereocenters. The Kier molecular flexibility index (Phi) is 3.07. The van der Waals surface area contributed by atoms with Crippen molar-refractivity contribution >= 4 is 11.0 Å². The van der Waals surface area contributed by atoms with Crippen LogP contribution in [0.15, 0.2) is 39.5 Å². The molecule has 0 aliphatic rings. The summed E-state index contributed by atoms with van der Waals surface area (Å²) in [6, 6.07) is 9.12. The second-order valence-electron chi connectivity index (χ2n) is 3.64. The van der Waals surface area contributed by atoms with Crippen molar-refractivity contribution < 1.29 is 4.42 Å². The summed E-state index contributed by atoms with van der Waals surface area (Å²) in [5.41, 5.74) is 1.36. The monoisotopic (exact) mass is 212 g/mol. The highest BCUT2D eigenvalue weighted by Gasteiger charge is 2.03.